The van der Waals surface area contributed by atoms with Gasteiger partial charge in [0.1, 0.15) is 0 Å². The predicted molar refractivity (Wildman–Crippen MR) is 217 cm³/mol. The quantitative estimate of drug-likeness (QED) is 0.0901. The molecule has 1 aliphatic rings. The van der Waals surface area contributed by atoms with E-state index in [2.05, 4.69) is 102 Å². The number of hydrogen-bond acceptors (Lipinski definition) is 10. The number of rotatable bonds is 4. The van der Waals surface area contributed by atoms with Gasteiger partial charge in [-0.25, -0.2) is 4.79 Å². The molecular formula is C46H39CuN4O6-. The number of esters is 1. The SMILES string of the molecule is Cc1ccc2ccc3c(-c4ccccc4)cc(C)nc3c2n1.Cc1ccc2ccc3c(-c4ccccc4)cc(C)nc3c2n1.O=C1OC(C(O)C[O-])C(O)=C1O.[Cu]. The molecule has 0 saturated heterocycles. The largest absolute Gasteiger partial charge is 0.853 e. The van der Waals surface area contributed by atoms with Crippen molar-refractivity contribution in [1.82, 2.24) is 19.9 Å². The molecule has 11 heteroatoms. The molecule has 291 valence electrons. The van der Waals surface area contributed by atoms with Crippen LogP contribution in [0.3, 0.4) is 0 Å². The third-order valence-electron chi connectivity index (χ3n) is 9.44. The summed E-state index contributed by atoms with van der Waals surface area (Å²) in [6, 6.07) is 42.1. The van der Waals surface area contributed by atoms with E-state index in [1.54, 1.807) is 0 Å². The van der Waals surface area contributed by atoms with Gasteiger partial charge in [0.15, 0.2) is 11.9 Å². The maximum Gasteiger partial charge on any atom is 0.377 e. The molecule has 2 unspecified atom stereocenters. The monoisotopic (exact) mass is 806 g/mol. The molecule has 0 spiro atoms. The number of aliphatic hydroxyl groups excluding tert-OH is 3. The number of benzene rings is 4. The van der Waals surface area contributed by atoms with Gasteiger partial charge in [0.05, 0.1) is 28.2 Å². The van der Waals surface area contributed by atoms with Crippen molar-refractivity contribution >= 4 is 49.6 Å². The van der Waals surface area contributed by atoms with E-state index in [1.807, 2.05) is 52.0 Å². The van der Waals surface area contributed by atoms with Crippen LogP contribution in [-0.2, 0) is 26.6 Å². The Morgan fingerprint density at radius 1 is 0.596 bits per heavy atom. The van der Waals surface area contributed by atoms with Gasteiger partial charge in [0.25, 0.3) is 0 Å². The van der Waals surface area contributed by atoms with Crippen molar-refractivity contribution in [3.63, 3.8) is 0 Å². The van der Waals surface area contributed by atoms with E-state index in [0.717, 1.165) is 66.4 Å². The van der Waals surface area contributed by atoms with Gasteiger partial charge in [-0.15, -0.1) is 6.61 Å². The Morgan fingerprint density at radius 3 is 1.39 bits per heavy atom. The Kier molecular flexibility index (Phi) is 12.3. The fourth-order valence-corrected chi connectivity index (χ4v) is 6.72. The molecule has 5 heterocycles. The number of nitrogens with zero attached hydrogens (tertiary/aromatic N) is 4. The number of fused-ring (bicyclic) bond motifs is 6. The second kappa shape index (κ2) is 17.3. The van der Waals surface area contributed by atoms with E-state index in [0.29, 0.717) is 0 Å². The van der Waals surface area contributed by atoms with Crippen LogP contribution in [0.5, 0.6) is 0 Å². The Labute approximate surface area is 339 Å². The first-order chi connectivity index (χ1) is 27.0. The molecule has 0 fully saturated rings. The summed E-state index contributed by atoms with van der Waals surface area (Å²) >= 11 is 0. The van der Waals surface area contributed by atoms with Crippen LogP contribution in [0.1, 0.15) is 22.8 Å². The first-order valence-electron chi connectivity index (χ1n) is 18.1. The zero-order valence-electron chi connectivity index (χ0n) is 31.6. The third-order valence-corrected chi connectivity index (χ3v) is 9.44. The molecule has 1 aliphatic heterocycles. The molecule has 4 aromatic carbocycles. The van der Waals surface area contributed by atoms with Gasteiger partial charge in [-0.3, -0.25) is 19.9 Å². The van der Waals surface area contributed by atoms with Crippen LogP contribution in [0.25, 0.3) is 65.9 Å². The molecule has 9 rings (SSSR count). The second-order valence-corrected chi connectivity index (χ2v) is 13.6. The smallest absolute Gasteiger partial charge is 0.377 e. The van der Waals surface area contributed by atoms with E-state index in [-0.39, 0.29) is 17.1 Å². The Bertz CT molecular complexity index is 2610. The summed E-state index contributed by atoms with van der Waals surface area (Å²) in [6.07, 6.45) is -2.95. The van der Waals surface area contributed by atoms with Crippen molar-refractivity contribution in [2.24, 2.45) is 0 Å². The van der Waals surface area contributed by atoms with Crippen molar-refractivity contribution < 1.29 is 47.0 Å². The van der Waals surface area contributed by atoms with Crippen LogP contribution < -0.4 is 5.11 Å². The van der Waals surface area contributed by atoms with Gasteiger partial charge in [-0.2, -0.15) is 0 Å². The fourth-order valence-electron chi connectivity index (χ4n) is 6.72. The van der Waals surface area contributed by atoms with E-state index < -0.39 is 36.3 Å². The normalized spacial score (nSPS) is 14.1. The minimum Gasteiger partial charge on any atom is -0.853 e. The molecule has 0 amide bonds. The molecule has 1 radical (unpaired) electrons. The first kappa shape index (κ1) is 40.4. The van der Waals surface area contributed by atoms with Gasteiger partial charge in [0, 0.05) is 61.4 Å². The first-order valence-corrected chi connectivity index (χ1v) is 18.1. The molecule has 10 nitrogen and oxygen atoms in total. The van der Waals surface area contributed by atoms with Crippen LogP contribution in [-0.4, -0.2) is 60.0 Å². The second-order valence-electron chi connectivity index (χ2n) is 13.6. The van der Waals surface area contributed by atoms with Crippen LogP contribution in [0.15, 0.2) is 133 Å². The molecule has 57 heavy (non-hydrogen) atoms. The molecule has 3 N–H and O–H groups in total. The number of carbonyl (C=O) groups excluding carboxylic acids is 1. The van der Waals surface area contributed by atoms with Crippen LogP contribution >= 0.6 is 0 Å². The molecule has 4 aromatic heterocycles. The number of cyclic esters (lactones) is 1. The summed E-state index contributed by atoms with van der Waals surface area (Å²) in [6.45, 7) is 7.20. The average molecular weight is 807 g/mol. The number of hydrogen-bond donors (Lipinski definition) is 3. The van der Waals surface area contributed by atoms with Crippen LogP contribution in [0, 0.1) is 27.7 Å². The van der Waals surface area contributed by atoms with Crippen LogP contribution in [0.4, 0.5) is 0 Å². The summed E-state index contributed by atoms with van der Waals surface area (Å²) in [4.78, 5) is 29.5. The third kappa shape index (κ3) is 8.47. The minimum atomic E-state index is -1.53. The van der Waals surface area contributed by atoms with Gasteiger partial charge in [-0.1, -0.05) is 97.1 Å². The molecule has 0 bridgehead atoms. The molecule has 2 atom stereocenters. The number of ether oxygens (including phenoxy) is 1. The van der Waals surface area contributed by atoms with E-state index in [9.17, 15) is 9.90 Å². The topological polar surface area (TPSA) is 162 Å². The Hall–Kier alpha value is -6.23. The summed E-state index contributed by atoms with van der Waals surface area (Å²) in [5.41, 5.74) is 12.9. The fraction of sp³-hybridized carbons (Fsp3) is 0.152. The van der Waals surface area contributed by atoms with Crippen molar-refractivity contribution in [3.8, 4) is 22.3 Å². The van der Waals surface area contributed by atoms with Crippen molar-refractivity contribution in [3.05, 3.63) is 156 Å². The van der Waals surface area contributed by atoms with Crippen LogP contribution in [0.2, 0.25) is 0 Å². The number of aromatic nitrogens is 4. The summed E-state index contributed by atoms with van der Waals surface area (Å²) < 4.78 is 4.28. The van der Waals surface area contributed by atoms with Gasteiger partial charge in [-0.05, 0) is 74.2 Å². The van der Waals surface area contributed by atoms with E-state index >= 15 is 0 Å². The number of pyridine rings is 4. The molecule has 8 aromatic rings. The van der Waals surface area contributed by atoms with E-state index in [1.165, 1.54) is 22.3 Å². The predicted octanol–water partition coefficient (Wildman–Crippen LogP) is 8.09. The van der Waals surface area contributed by atoms with Crippen molar-refractivity contribution in [1.29, 1.82) is 0 Å². The molecule has 0 aliphatic carbocycles. The van der Waals surface area contributed by atoms with Gasteiger partial charge in [0.2, 0.25) is 5.76 Å². The van der Waals surface area contributed by atoms with Crippen molar-refractivity contribution in [2.75, 3.05) is 6.61 Å². The molecular weight excluding hydrogens is 768 g/mol. The van der Waals surface area contributed by atoms with E-state index in [4.69, 9.17) is 35.3 Å². The summed E-state index contributed by atoms with van der Waals surface area (Å²) in [5, 5.41) is 41.2. The average Bonchev–Trinajstić information content (AvgIpc) is 3.48. The number of aryl methyl sites for hydroxylation is 4. The number of aliphatic hydroxyl groups is 3. The standard InChI is InChI=1S/2C20H16N2.C6H7O6.Cu/c2*1-13-8-9-16-10-11-17-18(15-6-4-3-5-7-15)12-14(2)22-20(17)19(16)21-13;7-1-2(8)5-3(9)4(10)6(11)12-5;/h2*3-12H,1-2H3;2,5,8-10H,1H2;/q;;-1;. The maximum atomic E-state index is 10.5. The Balaban J connectivity index is 0.000000150. The zero-order chi connectivity index (χ0) is 39.5. The van der Waals surface area contributed by atoms with Gasteiger partial charge >= 0.3 is 5.97 Å². The summed E-state index contributed by atoms with van der Waals surface area (Å²) in [7, 11) is 0. The molecule has 0 saturated carbocycles. The zero-order valence-corrected chi connectivity index (χ0v) is 32.5. The maximum absolute atomic E-state index is 10.5. The Morgan fingerprint density at radius 2 is 1.00 bits per heavy atom. The van der Waals surface area contributed by atoms with Gasteiger partial charge < -0.3 is 25.2 Å². The van der Waals surface area contributed by atoms with Crippen molar-refractivity contribution in [2.45, 2.75) is 39.9 Å². The minimum absolute atomic E-state index is 0. The number of carbonyl (C=O) groups is 1. The summed E-state index contributed by atoms with van der Waals surface area (Å²) in [5.74, 6) is -2.87.